The number of carbonyl (C=O) groups excluding carboxylic acids is 2. The topological polar surface area (TPSA) is 117 Å². The molecular weight excluding hydrogens is 386 g/mol. The van der Waals surface area contributed by atoms with Crippen LogP contribution in [0, 0.1) is 17.0 Å². The van der Waals surface area contributed by atoms with Crippen LogP contribution >= 0.6 is 0 Å². The van der Waals surface area contributed by atoms with Gasteiger partial charge in [0.25, 0.3) is 17.5 Å². The molecule has 2 heterocycles. The summed E-state index contributed by atoms with van der Waals surface area (Å²) >= 11 is 0. The van der Waals surface area contributed by atoms with Gasteiger partial charge in [-0.05, 0) is 42.8 Å². The number of para-hydroxylation sites is 1. The van der Waals surface area contributed by atoms with Crippen molar-refractivity contribution in [3.8, 4) is 0 Å². The Morgan fingerprint density at radius 3 is 2.57 bits per heavy atom. The molecule has 9 nitrogen and oxygen atoms in total. The van der Waals surface area contributed by atoms with E-state index in [1.54, 1.807) is 30.5 Å². The molecule has 9 heteroatoms. The molecule has 1 aliphatic rings. The normalized spacial score (nSPS) is 15.2. The summed E-state index contributed by atoms with van der Waals surface area (Å²) < 4.78 is 0. The van der Waals surface area contributed by atoms with Crippen molar-refractivity contribution < 1.29 is 14.5 Å². The van der Waals surface area contributed by atoms with Crippen molar-refractivity contribution in [3.63, 3.8) is 0 Å². The number of hydrogen-bond donors (Lipinski definition) is 2. The highest BCUT2D eigenvalue weighted by atomic mass is 16.6. The second kappa shape index (κ2) is 7.63. The van der Waals surface area contributed by atoms with Crippen LogP contribution in [0.4, 0.5) is 11.4 Å². The molecule has 0 fully saturated rings. The zero-order valence-corrected chi connectivity index (χ0v) is 15.9. The summed E-state index contributed by atoms with van der Waals surface area (Å²) in [6.45, 7) is 1.87. The lowest BCUT2D eigenvalue weighted by Crippen LogP contribution is -2.53. The Kier molecular flexibility index (Phi) is 4.85. The molecule has 2 amide bonds. The summed E-state index contributed by atoms with van der Waals surface area (Å²) in [7, 11) is 0. The summed E-state index contributed by atoms with van der Waals surface area (Å²) in [5.74, 6) is -0.965. The van der Waals surface area contributed by atoms with Gasteiger partial charge < -0.3 is 5.32 Å². The van der Waals surface area contributed by atoms with Gasteiger partial charge in [-0.25, -0.2) is 5.01 Å². The fourth-order valence-electron chi connectivity index (χ4n) is 3.25. The van der Waals surface area contributed by atoms with Gasteiger partial charge in [-0.1, -0.05) is 18.2 Å². The molecule has 150 valence electrons. The third-order valence-electron chi connectivity index (χ3n) is 4.80. The van der Waals surface area contributed by atoms with Crippen molar-refractivity contribution >= 4 is 23.2 Å². The molecule has 1 aromatic heterocycles. The molecule has 30 heavy (non-hydrogen) atoms. The van der Waals surface area contributed by atoms with Gasteiger partial charge >= 0.3 is 0 Å². The molecule has 0 aliphatic carbocycles. The van der Waals surface area contributed by atoms with Crippen LogP contribution in [0.15, 0.2) is 66.9 Å². The molecular formula is C21H17N5O4. The van der Waals surface area contributed by atoms with Crippen LogP contribution in [0.2, 0.25) is 0 Å². The lowest BCUT2D eigenvalue weighted by Gasteiger charge is -2.37. The minimum atomic E-state index is -0.726. The molecule has 0 radical (unpaired) electrons. The lowest BCUT2D eigenvalue weighted by molar-refractivity contribution is -0.384. The van der Waals surface area contributed by atoms with E-state index in [9.17, 15) is 19.7 Å². The second-order valence-corrected chi connectivity index (χ2v) is 6.72. The minimum absolute atomic E-state index is 0.127. The zero-order valence-electron chi connectivity index (χ0n) is 15.9. The molecule has 1 atom stereocenters. The van der Waals surface area contributed by atoms with E-state index in [2.05, 4.69) is 15.7 Å². The second-order valence-electron chi connectivity index (χ2n) is 6.72. The van der Waals surface area contributed by atoms with Crippen LogP contribution in [-0.2, 0) is 0 Å². The van der Waals surface area contributed by atoms with Crippen LogP contribution in [0.25, 0.3) is 0 Å². The fourth-order valence-corrected chi connectivity index (χ4v) is 3.25. The maximum Gasteiger partial charge on any atom is 0.276 e. The van der Waals surface area contributed by atoms with Crippen molar-refractivity contribution in [2.24, 2.45) is 0 Å². The molecule has 1 aliphatic heterocycles. The highest BCUT2D eigenvalue weighted by molar-refractivity contribution is 6.04. The highest BCUT2D eigenvalue weighted by Crippen LogP contribution is 2.32. The van der Waals surface area contributed by atoms with E-state index >= 15 is 0 Å². The Hall–Kier alpha value is -4.27. The summed E-state index contributed by atoms with van der Waals surface area (Å²) in [4.78, 5) is 40.6. The lowest BCUT2D eigenvalue weighted by atomic mass is 10.1. The first-order valence-corrected chi connectivity index (χ1v) is 9.12. The fraction of sp³-hybridized carbons (Fsp3) is 0.0952. The Bertz CT molecular complexity index is 1150. The molecule has 0 spiro atoms. The molecule has 0 unspecified atom stereocenters. The summed E-state index contributed by atoms with van der Waals surface area (Å²) in [6, 6.07) is 15.8. The summed E-state index contributed by atoms with van der Waals surface area (Å²) in [5.41, 5.74) is 5.16. The molecule has 0 saturated carbocycles. The smallest absolute Gasteiger partial charge is 0.276 e. The quantitative estimate of drug-likeness (QED) is 0.510. The van der Waals surface area contributed by atoms with Crippen molar-refractivity contribution in [2.75, 3.05) is 5.32 Å². The third-order valence-corrected chi connectivity index (χ3v) is 4.80. The number of pyridine rings is 1. The number of carbonyl (C=O) groups is 2. The first kappa shape index (κ1) is 19.1. The Balaban J connectivity index is 1.69. The Labute approximate surface area is 171 Å². The van der Waals surface area contributed by atoms with Crippen molar-refractivity contribution in [1.82, 2.24) is 15.4 Å². The van der Waals surface area contributed by atoms with Gasteiger partial charge in [0.1, 0.15) is 0 Å². The highest BCUT2D eigenvalue weighted by Gasteiger charge is 2.35. The minimum Gasteiger partial charge on any atom is -0.358 e. The number of hydrazine groups is 1. The molecule has 0 bridgehead atoms. The van der Waals surface area contributed by atoms with Crippen LogP contribution < -0.4 is 10.7 Å². The van der Waals surface area contributed by atoms with Crippen LogP contribution in [0.1, 0.15) is 38.1 Å². The number of non-ortho nitro benzene ring substituents is 1. The Morgan fingerprint density at radius 2 is 1.87 bits per heavy atom. The molecule has 4 rings (SSSR count). The maximum absolute atomic E-state index is 13.2. The monoisotopic (exact) mass is 403 g/mol. The van der Waals surface area contributed by atoms with E-state index < -0.39 is 22.9 Å². The molecule has 2 N–H and O–H groups in total. The third kappa shape index (κ3) is 3.44. The van der Waals surface area contributed by atoms with Gasteiger partial charge in [-0.2, -0.15) is 0 Å². The number of hydrogen-bond acceptors (Lipinski definition) is 6. The molecule has 3 aromatic rings. The number of nitrogens with one attached hydrogen (secondary N) is 2. The van der Waals surface area contributed by atoms with Gasteiger partial charge in [0.15, 0.2) is 6.17 Å². The van der Waals surface area contributed by atoms with Crippen LogP contribution in [-0.4, -0.2) is 26.7 Å². The first-order chi connectivity index (χ1) is 14.5. The number of anilines is 1. The van der Waals surface area contributed by atoms with E-state index in [4.69, 9.17) is 0 Å². The van der Waals surface area contributed by atoms with Crippen LogP contribution in [0.3, 0.4) is 0 Å². The maximum atomic E-state index is 13.2. The SMILES string of the molecule is Cc1cccnc1[C@@H]1Nc2ccccc2C(=O)N1NC(=O)c1ccc([N+](=O)[O-])cc1. The van der Waals surface area contributed by atoms with E-state index in [1.165, 1.54) is 29.3 Å². The number of rotatable bonds is 4. The predicted octanol–water partition coefficient (Wildman–Crippen LogP) is 3.21. The largest absolute Gasteiger partial charge is 0.358 e. The van der Waals surface area contributed by atoms with Gasteiger partial charge in [0.05, 0.1) is 16.2 Å². The number of aromatic nitrogens is 1. The van der Waals surface area contributed by atoms with E-state index in [1.807, 2.05) is 19.1 Å². The van der Waals surface area contributed by atoms with E-state index in [-0.39, 0.29) is 11.3 Å². The number of nitro groups is 1. The molecule has 0 saturated heterocycles. The number of nitrogens with zero attached hydrogens (tertiary/aromatic N) is 3. The van der Waals surface area contributed by atoms with Crippen molar-refractivity contribution in [3.05, 3.63) is 99.4 Å². The van der Waals surface area contributed by atoms with Gasteiger partial charge in [-0.3, -0.25) is 30.1 Å². The Morgan fingerprint density at radius 1 is 1.13 bits per heavy atom. The van der Waals surface area contributed by atoms with E-state index in [0.717, 1.165) is 5.56 Å². The average molecular weight is 403 g/mol. The number of benzene rings is 2. The molecule has 2 aromatic carbocycles. The van der Waals surface area contributed by atoms with E-state index in [0.29, 0.717) is 16.9 Å². The van der Waals surface area contributed by atoms with Gasteiger partial charge in [0, 0.05) is 29.6 Å². The average Bonchev–Trinajstić information content (AvgIpc) is 2.76. The number of nitro benzene ring substituents is 1. The van der Waals surface area contributed by atoms with Crippen LogP contribution in [0.5, 0.6) is 0 Å². The summed E-state index contributed by atoms with van der Waals surface area (Å²) in [5, 5.41) is 15.3. The number of amides is 2. The van der Waals surface area contributed by atoms with Crippen molar-refractivity contribution in [1.29, 1.82) is 0 Å². The predicted molar refractivity (Wildman–Crippen MR) is 109 cm³/mol. The van der Waals surface area contributed by atoms with Gasteiger partial charge in [-0.15, -0.1) is 0 Å². The first-order valence-electron chi connectivity index (χ1n) is 9.12. The number of fused-ring (bicyclic) bond motifs is 1. The zero-order chi connectivity index (χ0) is 21.3. The summed E-state index contributed by atoms with van der Waals surface area (Å²) in [6.07, 6.45) is 0.890. The van der Waals surface area contributed by atoms with Crippen molar-refractivity contribution in [2.45, 2.75) is 13.1 Å². The standard InChI is InChI=1S/C21H17N5O4/c1-13-5-4-12-22-18(13)19-23-17-7-3-2-6-16(17)21(28)25(19)24-20(27)14-8-10-15(11-9-14)26(29)30/h2-12,19,23H,1H3,(H,24,27)/t19-/m1/s1. The van der Waals surface area contributed by atoms with Gasteiger partial charge in [0.2, 0.25) is 0 Å². The number of aryl methyl sites for hydroxylation is 1.